The van der Waals surface area contributed by atoms with Crippen LogP contribution in [0.2, 0.25) is 0 Å². The lowest BCUT2D eigenvalue weighted by Gasteiger charge is -2.24. The number of hydrogen-bond donors (Lipinski definition) is 2. The fourth-order valence-corrected chi connectivity index (χ4v) is 1.69. The van der Waals surface area contributed by atoms with E-state index in [9.17, 15) is 0 Å². The fraction of sp³-hybridized carbons (Fsp3) is 1.00. The van der Waals surface area contributed by atoms with Crippen LogP contribution in [0, 0.1) is 0 Å². The van der Waals surface area contributed by atoms with Gasteiger partial charge in [-0.1, -0.05) is 34.1 Å². The van der Waals surface area contributed by atoms with Crippen molar-refractivity contribution in [1.82, 2.24) is 5.32 Å². The van der Waals surface area contributed by atoms with E-state index in [1.165, 1.54) is 25.7 Å². The highest BCUT2D eigenvalue weighted by Crippen LogP contribution is 2.28. The Morgan fingerprint density at radius 2 is 1.69 bits per heavy atom. The lowest BCUT2D eigenvalue weighted by Crippen LogP contribution is -2.40. The third kappa shape index (κ3) is 6.05. The van der Waals surface area contributed by atoms with Crippen molar-refractivity contribution in [3.8, 4) is 0 Å². The number of hydrogen-bond acceptors (Lipinski definition) is 2. The van der Waals surface area contributed by atoms with Crippen molar-refractivity contribution >= 4 is 0 Å². The summed E-state index contributed by atoms with van der Waals surface area (Å²) in [6.07, 6.45) is 5.23. The lowest BCUT2D eigenvalue weighted by molar-refractivity contribution is 0.260. The van der Waals surface area contributed by atoms with Crippen LogP contribution >= 0.6 is 0 Å². The number of nitrogens with one attached hydrogen (secondary N) is 1. The first-order valence-corrected chi connectivity index (χ1v) is 5.13. The van der Waals surface area contributed by atoms with Crippen LogP contribution in [0.25, 0.3) is 0 Å². The molecule has 0 atom stereocenters. The first-order chi connectivity index (χ1) is 5.77. The molecule has 1 saturated carbocycles. The Hall–Kier alpha value is -0.0800. The summed E-state index contributed by atoms with van der Waals surface area (Å²) in [5.41, 5.74) is 0.336. The summed E-state index contributed by atoms with van der Waals surface area (Å²) < 4.78 is 0. The Bertz CT molecular complexity index is 98.3. The molecule has 0 aromatic rings. The average Bonchev–Trinajstić information content (AvgIpc) is 2.53. The predicted octanol–water partition coefficient (Wildman–Crippen LogP) is 2.56. The van der Waals surface area contributed by atoms with Gasteiger partial charge in [-0.25, -0.2) is 0 Å². The molecular formula is C11H27NO. The van der Waals surface area contributed by atoms with Crippen LogP contribution < -0.4 is 5.32 Å². The molecule has 0 radical (unpaired) electrons. The first kappa shape index (κ1) is 15.4. The number of rotatable bonds is 3. The Morgan fingerprint density at radius 3 is 2.08 bits per heavy atom. The summed E-state index contributed by atoms with van der Waals surface area (Å²) in [4.78, 5) is 0. The van der Waals surface area contributed by atoms with E-state index < -0.39 is 0 Å². The van der Waals surface area contributed by atoms with Crippen molar-refractivity contribution in [2.75, 3.05) is 13.2 Å². The van der Waals surface area contributed by atoms with Gasteiger partial charge in [0.05, 0.1) is 6.61 Å². The van der Waals surface area contributed by atoms with Crippen molar-refractivity contribution in [2.45, 2.75) is 59.4 Å². The van der Waals surface area contributed by atoms with Gasteiger partial charge in [0.2, 0.25) is 0 Å². The molecule has 0 aromatic heterocycles. The van der Waals surface area contributed by atoms with E-state index >= 15 is 0 Å². The minimum Gasteiger partial charge on any atom is -0.395 e. The standard InChI is InChI=1S/C8H17NO.C2H6.CH4/c1-8(9-6-7-10)4-2-3-5-8;1-2;/h9-10H,2-7H2,1H3;1-2H3;1H4. The van der Waals surface area contributed by atoms with Crippen LogP contribution in [-0.2, 0) is 0 Å². The topological polar surface area (TPSA) is 32.3 Å². The molecule has 1 rings (SSSR count). The van der Waals surface area contributed by atoms with Gasteiger partial charge < -0.3 is 10.4 Å². The molecule has 2 heteroatoms. The average molecular weight is 189 g/mol. The quantitative estimate of drug-likeness (QED) is 0.715. The van der Waals surface area contributed by atoms with Crippen molar-refractivity contribution in [1.29, 1.82) is 0 Å². The van der Waals surface area contributed by atoms with E-state index in [4.69, 9.17) is 5.11 Å². The molecule has 2 N–H and O–H groups in total. The smallest absolute Gasteiger partial charge is 0.0556 e. The monoisotopic (exact) mass is 189 g/mol. The van der Waals surface area contributed by atoms with E-state index in [2.05, 4.69) is 12.2 Å². The van der Waals surface area contributed by atoms with Gasteiger partial charge in [0, 0.05) is 12.1 Å². The minimum atomic E-state index is 0. The molecule has 0 unspecified atom stereocenters. The highest BCUT2D eigenvalue weighted by Gasteiger charge is 2.26. The normalized spacial score (nSPS) is 18.5. The van der Waals surface area contributed by atoms with Gasteiger partial charge in [-0.15, -0.1) is 0 Å². The highest BCUT2D eigenvalue weighted by atomic mass is 16.3. The second-order valence-electron chi connectivity index (χ2n) is 3.42. The molecule has 0 heterocycles. The molecule has 0 amide bonds. The maximum absolute atomic E-state index is 8.58. The molecule has 1 aliphatic carbocycles. The molecule has 0 aliphatic heterocycles. The Labute approximate surface area is 83.7 Å². The summed E-state index contributed by atoms with van der Waals surface area (Å²) >= 11 is 0. The molecule has 1 fully saturated rings. The molecule has 0 saturated heterocycles. The van der Waals surface area contributed by atoms with Crippen LogP contribution in [0.5, 0.6) is 0 Å². The molecule has 13 heavy (non-hydrogen) atoms. The maximum atomic E-state index is 8.58. The van der Waals surface area contributed by atoms with Gasteiger partial charge >= 0.3 is 0 Å². The minimum absolute atomic E-state index is 0. The van der Waals surface area contributed by atoms with Crippen molar-refractivity contribution in [3.63, 3.8) is 0 Å². The predicted molar refractivity (Wildman–Crippen MR) is 60.0 cm³/mol. The Morgan fingerprint density at radius 1 is 1.23 bits per heavy atom. The summed E-state index contributed by atoms with van der Waals surface area (Å²) in [6.45, 7) is 7.25. The largest absolute Gasteiger partial charge is 0.395 e. The third-order valence-electron chi connectivity index (χ3n) is 2.37. The second kappa shape index (κ2) is 8.52. The summed E-state index contributed by atoms with van der Waals surface area (Å²) in [5.74, 6) is 0. The van der Waals surface area contributed by atoms with Crippen LogP contribution in [-0.4, -0.2) is 23.8 Å². The molecule has 1 aliphatic rings. The van der Waals surface area contributed by atoms with Crippen LogP contribution in [0.1, 0.15) is 53.9 Å². The van der Waals surface area contributed by atoms with Gasteiger partial charge in [0.1, 0.15) is 0 Å². The maximum Gasteiger partial charge on any atom is 0.0556 e. The lowest BCUT2D eigenvalue weighted by atomic mass is 10.0. The zero-order valence-corrected chi connectivity index (χ0v) is 8.69. The van der Waals surface area contributed by atoms with Gasteiger partial charge in [-0.05, 0) is 19.8 Å². The van der Waals surface area contributed by atoms with E-state index in [0.29, 0.717) is 5.54 Å². The van der Waals surface area contributed by atoms with Crippen LogP contribution in [0.15, 0.2) is 0 Å². The summed E-state index contributed by atoms with van der Waals surface area (Å²) in [6, 6.07) is 0. The molecule has 0 bridgehead atoms. The SMILES string of the molecule is C.CC.CC1(NCCO)CCCC1. The fourth-order valence-electron chi connectivity index (χ4n) is 1.69. The number of β-amino-alcohol motifs (C(OH)–C–C–N with tert-alkyl or cyclic N) is 1. The van der Waals surface area contributed by atoms with Crippen molar-refractivity contribution < 1.29 is 5.11 Å². The Balaban J connectivity index is 0. The zero-order chi connectivity index (χ0) is 9.45. The molecule has 0 spiro atoms. The molecule has 2 nitrogen and oxygen atoms in total. The zero-order valence-electron chi connectivity index (χ0n) is 8.69. The Kier molecular flexibility index (Phi) is 10.1. The summed E-state index contributed by atoms with van der Waals surface area (Å²) in [5, 5.41) is 11.9. The van der Waals surface area contributed by atoms with Crippen LogP contribution in [0.4, 0.5) is 0 Å². The van der Waals surface area contributed by atoms with Crippen LogP contribution in [0.3, 0.4) is 0 Å². The van der Waals surface area contributed by atoms with Gasteiger partial charge in [0.25, 0.3) is 0 Å². The van der Waals surface area contributed by atoms with Crippen molar-refractivity contribution in [3.05, 3.63) is 0 Å². The summed E-state index contributed by atoms with van der Waals surface area (Å²) in [7, 11) is 0. The molecule has 82 valence electrons. The number of aliphatic hydroxyl groups is 1. The van der Waals surface area contributed by atoms with Gasteiger partial charge in [0.15, 0.2) is 0 Å². The molecular weight excluding hydrogens is 162 g/mol. The highest BCUT2D eigenvalue weighted by molar-refractivity contribution is 4.87. The third-order valence-corrected chi connectivity index (χ3v) is 2.37. The van der Waals surface area contributed by atoms with Gasteiger partial charge in [-0.2, -0.15) is 0 Å². The van der Waals surface area contributed by atoms with E-state index in [1.807, 2.05) is 13.8 Å². The van der Waals surface area contributed by atoms with E-state index in [1.54, 1.807) is 0 Å². The van der Waals surface area contributed by atoms with E-state index in [0.717, 1.165) is 6.54 Å². The second-order valence-corrected chi connectivity index (χ2v) is 3.42. The number of aliphatic hydroxyl groups excluding tert-OH is 1. The van der Waals surface area contributed by atoms with Crippen molar-refractivity contribution in [2.24, 2.45) is 0 Å². The first-order valence-electron chi connectivity index (χ1n) is 5.13. The molecule has 0 aromatic carbocycles. The van der Waals surface area contributed by atoms with E-state index in [-0.39, 0.29) is 14.0 Å². The van der Waals surface area contributed by atoms with Gasteiger partial charge in [-0.3, -0.25) is 0 Å².